The molecule has 0 bridgehead atoms. The van der Waals surface area contributed by atoms with Gasteiger partial charge in [0.15, 0.2) is 0 Å². The van der Waals surface area contributed by atoms with E-state index < -0.39 is 11.9 Å². The molecule has 2 aromatic carbocycles. The van der Waals surface area contributed by atoms with Gasteiger partial charge in [-0.1, -0.05) is 42.0 Å². The largest absolute Gasteiger partial charge is 0.465 e. The van der Waals surface area contributed by atoms with Gasteiger partial charge in [-0.3, -0.25) is 14.2 Å². The van der Waals surface area contributed by atoms with Gasteiger partial charge in [-0.05, 0) is 26.1 Å². The number of rotatable bonds is 5. The van der Waals surface area contributed by atoms with Crippen LogP contribution in [0.25, 0.3) is 11.4 Å². The van der Waals surface area contributed by atoms with Gasteiger partial charge < -0.3 is 15.0 Å². The third kappa shape index (κ3) is 4.70. The van der Waals surface area contributed by atoms with Crippen LogP contribution in [-0.4, -0.2) is 47.0 Å². The lowest BCUT2D eigenvalue weighted by molar-refractivity contribution is -0.116. The topological polar surface area (TPSA) is 93.5 Å². The van der Waals surface area contributed by atoms with Gasteiger partial charge in [0.25, 0.3) is 5.56 Å². The summed E-state index contributed by atoms with van der Waals surface area (Å²) < 4.78 is 6.21. The van der Waals surface area contributed by atoms with Gasteiger partial charge in [0.1, 0.15) is 12.4 Å². The summed E-state index contributed by atoms with van der Waals surface area (Å²) in [5.74, 6) is -0.533. The Morgan fingerprint density at radius 2 is 1.85 bits per heavy atom. The zero-order chi connectivity index (χ0) is 23.5. The van der Waals surface area contributed by atoms with Crippen molar-refractivity contribution in [1.29, 1.82) is 0 Å². The fraction of sp³-hybridized carbons (Fsp3) is 0.280. The average molecular weight is 447 g/mol. The van der Waals surface area contributed by atoms with Crippen LogP contribution in [0, 0.1) is 6.92 Å². The lowest BCUT2D eigenvalue weighted by Gasteiger charge is -2.25. The van der Waals surface area contributed by atoms with Crippen LogP contribution in [-0.2, 0) is 29.0 Å². The van der Waals surface area contributed by atoms with Crippen molar-refractivity contribution in [2.75, 3.05) is 26.0 Å². The first-order chi connectivity index (χ1) is 15.9. The van der Waals surface area contributed by atoms with Gasteiger partial charge >= 0.3 is 5.97 Å². The minimum Gasteiger partial charge on any atom is -0.465 e. The van der Waals surface area contributed by atoms with E-state index in [0.29, 0.717) is 30.0 Å². The van der Waals surface area contributed by atoms with Gasteiger partial charge in [-0.25, -0.2) is 9.78 Å². The molecule has 1 aromatic heterocycles. The molecule has 0 radical (unpaired) electrons. The molecule has 0 saturated heterocycles. The van der Waals surface area contributed by atoms with Crippen molar-refractivity contribution in [2.45, 2.75) is 26.4 Å². The highest BCUT2D eigenvalue weighted by Gasteiger charge is 2.24. The maximum Gasteiger partial charge on any atom is 0.339 e. The molecule has 8 nitrogen and oxygen atoms in total. The van der Waals surface area contributed by atoms with E-state index in [0.717, 1.165) is 23.4 Å². The highest BCUT2D eigenvalue weighted by atomic mass is 16.5. The second-order valence-corrected chi connectivity index (χ2v) is 8.19. The Hall–Kier alpha value is -3.78. The number of aryl methyl sites for hydroxylation is 1. The highest BCUT2D eigenvalue weighted by Crippen LogP contribution is 2.22. The quantitative estimate of drug-likeness (QED) is 0.606. The van der Waals surface area contributed by atoms with Crippen LogP contribution in [0.2, 0.25) is 0 Å². The molecule has 3 aromatic rings. The van der Waals surface area contributed by atoms with Crippen molar-refractivity contribution >= 4 is 17.6 Å². The number of hydrogen-bond donors (Lipinski definition) is 1. The van der Waals surface area contributed by atoms with Gasteiger partial charge in [-0.2, -0.15) is 0 Å². The van der Waals surface area contributed by atoms with Crippen LogP contribution in [0.4, 0.5) is 5.69 Å². The number of aromatic nitrogens is 2. The standard InChI is InChI=1S/C25H26N4O4/c1-16-8-10-17(11-9-16)23-27-21-12-13-28(2)14-19(21)24(31)29(23)15-22(30)26-20-7-5-4-6-18(20)25(32)33-3/h4-11H,12-15H2,1-3H3,(H,26,30). The van der Waals surface area contributed by atoms with E-state index in [1.807, 2.05) is 38.2 Å². The number of hydrogen-bond acceptors (Lipinski definition) is 6. The van der Waals surface area contributed by atoms with Crippen molar-refractivity contribution in [3.63, 3.8) is 0 Å². The number of nitrogens with zero attached hydrogens (tertiary/aromatic N) is 3. The van der Waals surface area contributed by atoms with Crippen molar-refractivity contribution in [1.82, 2.24) is 14.5 Å². The Bertz CT molecular complexity index is 1260. The lowest BCUT2D eigenvalue weighted by Crippen LogP contribution is -2.38. The second kappa shape index (κ2) is 9.38. The summed E-state index contributed by atoms with van der Waals surface area (Å²) in [6.45, 7) is 3.06. The van der Waals surface area contributed by atoms with Crippen molar-refractivity contribution in [3.05, 3.63) is 81.3 Å². The molecule has 1 aliphatic rings. The molecular weight excluding hydrogens is 420 g/mol. The number of carbonyl (C=O) groups is 2. The Balaban J connectivity index is 1.73. The van der Waals surface area contributed by atoms with E-state index in [4.69, 9.17) is 9.72 Å². The summed E-state index contributed by atoms with van der Waals surface area (Å²) in [7, 11) is 3.24. The van der Waals surface area contributed by atoms with Gasteiger partial charge in [0.2, 0.25) is 5.91 Å². The monoisotopic (exact) mass is 446 g/mol. The van der Waals surface area contributed by atoms with Crippen LogP contribution >= 0.6 is 0 Å². The molecule has 1 amide bonds. The number of ether oxygens (including phenoxy) is 1. The smallest absolute Gasteiger partial charge is 0.339 e. The van der Waals surface area contributed by atoms with Crippen molar-refractivity contribution in [3.8, 4) is 11.4 Å². The number of anilines is 1. The molecule has 33 heavy (non-hydrogen) atoms. The fourth-order valence-electron chi connectivity index (χ4n) is 3.93. The van der Waals surface area contributed by atoms with Gasteiger partial charge in [0.05, 0.1) is 29.6 Å². The van der Waals surface area contributed by atoms with Crippen LogP contribution in [0.5, 0.6) is 0 Å². The van der Waals surface area contributed by atoms with E-state index in [-0.39, 0.29) is 17.7 Å². The number of carbonyl (C=O) groups excluding carboxylic acids is 2. The predicted octanol–water partition coefficient (Wildman–Crippen LogP) is 2.63. The van der Waals surface area contributed by atoms with E-state index in [2.05, 4.69) is 10.2 Å². The number of para-hydroxylation sites is 1. The Morgan fingerprint density at radius 1 is 1.12 bits per heavy atom. The molecule has 0 fully saturated rings. The first kappa shape index (κ1) is 22.4. The van der Waals surface area contributed by atoms with Crippen LogP contribution in [0.1, 0.15) is 27.2 Å². The Labute approximate surface area is 191 Å². The molecule has 1 N–H and O–H groups in total. The number of likely N-dealkylation sites (N-methyl/N-ethyl adjacent to an activating group) is 1. The molecule has 170 valence electrons. The summed E-state index contributed by atoms with van der Waals surface area (Å²) in [5, 5.41) is 2.74. The van der Waals surface area contributed by atoms with Gasteiger partial charge in [-0.15, -0.1) is 0 Å². The summed E-state index contributed by atoms with van der Waals surface area (Å²) in [4.78, 5) is 45.4. The molecule has 0 atom stereocenters. The third-order valence-corrected chi connectivity index (χ3v) is 5.72. The Kier molecular flexibility index (Phi) is 6.37. The molecular formula is C25H26N4O4. The molecule has 0 spiro atoms. The first-order valence-electron chi connectivity index (χ1n) is 10.7. The third-order valence-electron chi connectivity index (χ3n) is 5.72. The summed E-state index contributed by atoms with van der Waals surface area (Å²) in [6, 6.07) is 14.3. The normalized spacial score (nSPS) is 13.3. The molecule has 0 aliphatic carbocycles. The first-order valence-corrected chi connectivity index (χ1v) is 10.7. The molecule has 2 heterocycles. The number of fused-ring (bicyclic) bond motifs is 1. The van der Waals surface area contributed by atoms with Crippen LogP contribution in [0.3, 0.4) is 0 Å². The molecule has 4 rings (SSSR count). The number of methoxy groups -OCH3 is 1. The summed E-state index contributed by atoms with van der Waals surface area (Å²) in [5.41, 5.74) is 3.59. The number of esters is 1. The SMILES string of the molecule is COC(=O)c1ccccc1NC(=O)Cn1c(-c2ccc(C)cc2)nc2c(c1=O)CN(C)CC2. The fourth-order valence-corrected chi connectivity index (χ4v) is 3.93. The summed E-state index contributed by atoms with van der Waals surface area (Å²) in [6.07, 6.45) is 0.680. The Morgan fingerprint density at radius 3 is 2.58 bits per heavy atom. The molecule has 0 saturated carbocycles. The van der Waals surface area contributed by atoms with E-state index >= 15 is 0 Å². The number of nitrogens with one attached hydrogen (secondary N) is 1. The zero-order valence-corrected chi connectivity index (χ0v) is 18.9. The number of amides is 1. The maximum absolute atomic E-state index is 13.5. The second-order valence-electron chi connectivity index (χ2n) is 8.19. The number of benzene rings is 2. The minimum atomic E-state index is -0.554. The predicted molar refractivity (Wildman–Crippen MR) is 125 cm³/mol. The molecule has 8 heteroatoms. The minimum absolute atomic E-state index is 0.224. The molecule has 0 unspecified atom stereocenters. The zero-order valence-electron chi connectivity index (χ0n) is 18.9. The van der Waals surface area contributed by atoms with E-state index in [1.54, 1.807) is 24.3 Å². The molecule has 1 aliphatic heterocycles. The van der Waals surface area contributed by atoms with Crippen LogP contribution in [0.15, 0.2) is 53.3 Å². The maximum atomic E-state index is 13.5. The van der Waals surface area contributed by atoms with Gasteiger partial charge in [0, 0.05) is 25.1 Å². The summed E-state index contributed by atoms with van der Waals surface area (Å²) >= 11 is 0. The van der Waals surface area contributed by atoms with Crippen molar-refractivity contribution < 1.29 is 14.3 Å². The van der Waals surface area contributed by atoms with Crippen molar-refractivity contribution in [2.24, 2.45) is 0 Å². The average Bonchev–Trinajstić information content (AvgIpc) is 2.81. The highest BCUT2D eigenvalue weighted by molar-refractivity contribution is 6.01. The van der Waals surface area contributed by atoms with E-state index in [1.165, 1.54) is 11.7 Å². The van der Waals surface area contributed by atoms with Crippen LogP contribution < -0.4 is 10.9 Å². The lowest BCUT2D eigenvalue weighted by atomic mass is 10.1. The van der Waals surface area contributed by atoms with E-state index in [9.17, 15) is 14.4 Å².